The molecule has 1 aromatic rings. The van der Waals surface area contributed by atoms with E-state index in [4.69, 9.17) is 4.74 Å². The molecule has 2 atom stereocenters. The highest BCUT2D eigenvalue weighted by Crippen LogP contribution is 2.33. The van der Waals surface area contributed by atoms with Gasteiger partial charge in [-0.1, -0.05) is 19.9 Å². The molecule has 1 rings (SSSR count). The van der Waals surface area contributed by atoms with E-state index in [0.717, 1.165) is 0 Å². The third-order valence-electron chi connectivity index (χ3n) is 4.19. The normalized spacial score (nSPS) is 14.2. The van der Waals surface area contributed by atoms with Gasteiger partial charge in [0.1, 0.15) is 0 Å². The number of carbonyl (C=O) groups excluding carboxylic acids is 1. The number of hydrogen-bond donors (Lipinski definition) is 0. The summed E-state index contributed by atoms with van der Waals surface area (Å²) in [6, 6.07) is 2.21. The van der Waals surface area contributed by atoms with Crippen molar-refractivity contribution >= 4 is 5.97 Å². The second-order valence-corrected chi connectivity index (χ2v) is 5.27. The van der Waals surface area contributed by atoms with Crippen molar-refractivity contribution in [1.82, 2.24) is 0 Å². The lowest BCUT2D eigenvalue weighted by Crippen LogP contribution is -2.20. The summed E-state index contributed by atoms with van der Waals surface area (Å²) in [5.41, 5.74) is 6.48. The Labute approximate surface area is 110 Å². The Hall–Kier alpha value is -1.31. The van der Waals surface area contributed by atoms with Crippen LogP contribution < -0.4 is 0 Å². The lowest BCUT2D eigenvalue weighted by Gasteiger charge is -2.24. The number of hydrogen-bond acceptors (Lipinski definition) is 2. The van der Waals surface area contributed by atoms with Gasteiger partial charge in [0.15, 0.2) is 0 Å². The Kier molecular flexibility index (Phi) is 4.55. The summed E-state index contributed by atoms with van der Waals surface area (Å²) in [5, 5.41) is 0. The SMILES string of the molecule is COC(=O)C(C)C(C)c1c(C)cc(C)c(C)c1C. The van der Waals surface area contributed by atoms with Crippen molar-refractivity contribution in [1.29, 1.82) is 0 Å². The molecule has 0 saturated heterocycles. The minimum absolute atomic E-state index is 0.116. The first kappa shape index (κ1) is 14.7. The summed E-state index contributed by atoms with van der Waals surface area (Å²) in [6.07, 6.45) is 0. The fourth-order valence-electron chi connectivity index (χ4n) is 2.64. The van der Waals surface area contributed by atoms with Crippen LogP contribution in [0.15, 0.2) is 6.07 Å². The summed E-state index contributed by atoms with van der Waals surface area (Å²) in [7, 11) is 1.45. The molecule has 2 heteroatoms. The molecule has 2 nitrogen and oxygen atoms in total. The van der Waals surface area contributed by atoms with E-state index in [1.807, 2.05) is 6.92 Å². The van der Waals surface area contributed by atoms with E-state index in [9.17, 15) is 4.79 Å². The fourth-order valence-corrected chi connectivity index (χ4v) is 2.64. The Morgan fingerprint density at radius 1 is 1.06 bits per heavy atom. The lowest BCUT2D eigenvalue weighted by molar-refractivity contribution is -0.145. The average Bonchev–Trinajstić information content (AvgIpc) is 2.34. The van der Waals surface area contributed by atoms with Gasteiger partial charge in [-0.15, -0.1) is 0 Å². The maximum absolute atomic E-state index is 11.7. The number of rotatable bonds is 3. The summed E-state index contributed by atoms with van der Waals surface area (Å²) in [6.45, 7) is 12.6. The quantitative estimate of drug-likeness (QED) is 0.760. The van der Waals surface area contributed by atoms with Crippen LogP contribution in [0.3, 0.4) is 0 Å². The Morgan fingerprint density at radius 2 is 1.61 bits per heavy atom. The molecule has 2 unspecified atom stereocenters. The lowest BCUT2D eigenvalue weighted by atomic mass is 9.81. The maximum atomic E-state index is 11.7. The molecule has 0 aliphatic carbocycles. The van der Waals surface area contributed by atoms with Gasteiger partial charge in [0.25, 0.3) is 0 Å². The number of esters is 1. The van der Waals surface area contributed by atoms with E-state index in [1.54, 1.807) is 0 Å². The molecule has 0 N–H and O–H groups in total. The van der Waals surface area contributed by atoms with Gasteiger partial charge in [-0.05, 0) is 61.4 Å². The van der Waals surface area contributed by atoms with Gasteiger partial charge in [-0.25, -0.2) is 0 Å². The van der Waals surface area contributed by atoms with E-state index in [1.165, 1.54) is 34.9 Å². The monoisotopic (exact) mass is 248 g/mol. The van der Waals surface area contributed by atoms with E-state index in [2.05, 4.69) is 40.7 Å². The molecule has 1 aromatic carbocycles. The summed E-state index contributed by atoms with van der Waals surface area (Å²) in [4.78, 5) is 11.7. The number of benzene rings is 1. The van der Waals surface area contributed by atoms with Gasteiger partial charge in [0.2, 0.25) is 0 Å². The highest BCUT2D eigenvalue weighted by molar-refractivity contribution is 5.73. The molecular formula is C16H24O2. The van der Waals surface area contributed by atoms with E-state index in [0.29, 0.717) is 0 Å². The Morgan fingerprint density at radius 3 is 2.11 bits per heavy atom. The van der Waals surface area contributed by atoms with Gasteiger partial charge in [-0.3, -0.25) is 4.79 Å². The first-order chi connectivity index (χ1) is 8.31. The minimum Gasteiger partial charge on any atom is -0.469 e. The molecule has 0 amide bonds. The molecule has 0 heterocycles. The second kappa shape index (κ2) is 5.55. The van der Waals surface area contributed by atoms with Crippen LogP contribution in [0.25, 0.3) is 0 Å². The van der Waals surface area contributed by atoms with Gasteiger partial charge in [0, 0.05) is 0 Å². The van der Waals surface area contributed by atoms with Crippen molar-refractivity contribution in [2.24, 2.45) is 5.92 Å². The maximum Gasteiger partial charge on any atom is 0.308 e. The van der Waals surface area contributed by atoms with Crippen LogP contribution in [0.5, 0.6) is 0 Å². The summed E-state index contributed by atoms with van der Waals surface area (Å²) in [5.74, 6) is -0.0780. The standard InChI is InChI=1S/C16H24O2/c1-9-8-10(2)15(12(4)11(9)3)13(5)14(6)16(17)18-7/h8,13-14H,1-7H3. The topological polar surface area (TPSA) is 26.3 Å². The van der Waals surface area contributed by atoms with Crippen LogP contribution in [0.2, 0.25) is 0 Å². The molecule has 0 fully saturated rings. The Bertz CT molecular complexity index is 461. The van der Waals surface area contributed by atoms with Crippen molar-refractivity contribution < 1.29 is 9.53 Å². The number of carbonyl (C=O) groups is 1. The van der Waals surface area contributed by atoms with Crippen molar-refractivity contribution in [2.75, 3.05) is 7.11 Å². The van der Waals surface area contributed by atoms with Gasteiger partial charge in [0.05, 0.1) is 13.0 Å². The molecular weight excluding hydrogens is 224 g/mol. The minimum atomic E-state index is -0.139. The fraction of sp³-hybridized carbons (Fsp3) is 0.562. The van der Waals surface area contributed by atoms with E-state index in [-0.39, 0.29) is 17.8 Å². The smallest absolute Gasteiger partial charge is 0.308 e. The first-order valence-electron chi connectivity index (χ1n) is 6.46. The molecule has 0 radical (unpaired) electrons. The molecule has 0 aliphatic heterocycles. The van der Waals surface area contributed by atoms with Crippen molar-refractivity contribution in [3.05, 3.63) is 33.9 Å². The molecule has 0 saturated carbocycles. The average molecular weight is 248 g/mol. The van der Waals surface area contributed by atoms with Crippen molar-refractivity contribution in [3.63, 3.8) is 0 Å². The van der Waals surface area contributed by atoms with Crippen LogP contribution in [-0.4, -0.2) is 13.1 Å². The highest BCUT2D eigenvalue weighted by atomic mass is 16.5. The highest BCUT2D eigenvalue weighted by Gasteiger charge is 2.25. The Balaban J connectivity index is 3.25. The zero-order chi connectivity index (χ0) is 14.0. The molecule has 100 valence electrons. The largest absolute Gasteiger partial charge is 0.469 e. The van der Waals surface area contributed by atoms with Crippen molar-refractivity contribution in [2.45, 2.75) is 47.5 Å². The molecule has 0 spiro atoms. The predicted octanol–water partition coefficient (Wildman–Crippen LogP) is 3.83. The molecule has 0 bridgehead atoms. The van der Waals surface area contributed by atoms with Gasteiger partial charge < -0.3 is 4.74 Å². The van der Waals surface area contributed by atoms with E-state index < -0.39 is 0 Å². The van der Waals surface area contributed by atoms with Gasteiger partial charge >= 0.3 is 5.97 Å². The zero-order valence-electron chi connectivity index (χ0n) is 12.5. The second-order valence-electron chi connectivity index (χ2n) is 5.27. The number of aryl methyl sites for hydroxylation is 2. The third kappa shape index (κ3) is 2.58. The molecule has 18 heavy (non-hydrogen) atoms. The zero-order valence-corrected chi connectivity index (χ0v) is 12.5. The van der Waals surface area contributed by atoms with Crippen LogP contribution in [-0.2, 0) is 9.53 Å². The third-order valence-corrected chi connectivity index (χ3v) is 4.19. The van der Waals surface area contributed by atoms with Crippen molar-refractivity contribution in [3.8, 4) is 0 Å². The predicted molar refractivity (Wildman–Crippen MR) is 75.0 cm³/mol. The number of methoxy groups -OCH3 is 1. The van der Waals surface area contributed by atoms with Crippen LogP contribution in [0, 0.1) is 33.6 Å². The van der Waals surface area contributed by atoms with E-state index >= 15 is 0 Å². The first-order valence-corrected chi connectivity index (χ1v) is 6.46. The summed E-state index contributed by atoms with van der Waals surface area (Å²) < 4.78 is 4.85. The van der Waals surface area contributed by atoms with Crippen LogP contribution in [0.4, 0.5) is 0 Å². The van der Waals surface area contributed by atoms with Crippen LogP contribution >= 0.6 is 0 Å². The van der Waals surface area contributed by atoms with Gasteiger partial charge in [-0.2, -0.15) is 0 Å². The van der Waals surface area contributed by atoms with Crippen LogP contribution in [0.1, 0.15) is 47.6 Å². The number of ether oxygens (including phenoxy) is 1. The molecule has 0 aromatic heterocycles. The molecule has 0 aliphatic rings. The summed E-state index contributed by atoms with van der Waals surface area (Å²) >= 11 is 0.